The van der Waals surface area contributed by atoms with Crippen LogP contribution in [-0.4, -0.2) is 0 Å². The molecule has 0 radical (unpaired) electrons. The number of anilines is 3. The largest absolute Gasteiger partial charge is 0.310 e. The molecule has 55 heavy (non-hydrogen) atoms. The van der Waals surface area contributed by atoms with Crippen molar-refractivity contribution in [3.05, 3.63) is 224 Å². The molecule has 0 aliphatic carbocycles. The Hall–Kier alpha value is -7.22. The van der Waals surface area contributed by atoms with Gasteiger partial charge in [0, 0.05) is 17.1 Å². The van der Waals surface area contributed by atoms with Gasteiger partial charge in [-0.05, 0) is 119 Å². The van der Waals surface area contributed by atoms with E-state index in [2.05, 4.69) is 24.3 Å². The fraction of sp³-hybridized carbons (Fsp3) is 0. The van der Waals surface area contributed by atoms with Crippen molar-refractivity contribution >= 4 is 49.4 Å². The second-order valence-electron chi connectivity index (χ2n) is 13.5. The Bertz CT molecular complexity index is 3380. The third-order valence-electron chi connectivity index (χ3n) is 10.2. The van der Waals surface area contributed by atoms with Crippen molar-refractivity contribution in [3.8, 4) is 44.5 Å². The minimum Gasteiger partial charge on any atom is -0.310 e. The first-order valence-corrected chi connectivity index (χ1v) is 18.3. The van der Waals surface area contributed by atoms with Gasteiger partial charge in [-0.2, -0.15) is 0 Å². The zero-order valence-corrected chi connectivity index (χ0v) is 29.7. The number of hydrogen-bond donors (Lipinski definition) is 0. The predicted octanol–water partition coefficient (Wildman–Crippen LogP) is 15.3. The first-order chi connectivity index (χ1) is 30.6. The standard InChI is InChI=1S/C54H37N/c1-2-12-43(13-3-1)53-35-29-44-14-8-9-17-52(44)54(53)45-27-32-50(33-28-45)55(51-34-26-39-11-5-7-16-47(39)37-51)49-30-24-41(25-31-49)40-18-20-42(21-19-40)48-23-22-38-10-4-6-15-46(38)36-48/h1-37H/i24D,25D,27D,28D,30D,31D,32D,33D. The van der Waals surface area contributed by atoms with Gasteiger partial charge in [0.1, 0.15) is 0 Å². The Balaban J connectivity index is 1.17. The van der Waals surface area contributed by atoms with Gasteiger partial charge in [0.05, 0.1) is 11.0 Å². The third-order valence-corrected chi connectivity index (χ3v) is 10.2. The maximum Gasteiger partial charge on any atom is 0.0645 e. The second kappa shape index (κ2) is 14.0. The summed E-state index contributed by atoms with van der Waals surface area (Å²) in [6.07, 6.45) is 0. The molecule has 0 aliphatic heterocycles. The first-order valence-electron chi connectivity index (χ1n) is 22.3. The van der Waals surface area contributed by atoms with Crippen molar-refractivity contribution < 1.29 is 11.0 Å². The fourth-order valence-corrected chi connectivity index (χ4v) is 7.39. The van der Waals surface area contributed by atoms with Crippen molar-refractivity contribution in [2.45, 2.75) is 0 Å². The Morgan fingerprint density at radius 3 is 1.45 bits per heavy atom. The number of hydrogen-bond acceptors (Lipinski definition) is 1. The topological polar surface area (TPSA) is 3.24 Å². The van der Waals surface area contributed by atoms with Crippen molar-refractivity contribution in [2.75, 3.05) is 4.90 Å². The summed E-state index contributed by atoms with van der Waals surface area (Å²) in [5.41, 5.74) is 4.78. The number of fused-ring (bicyclic) bond motifs is 3. The lowest BCUT2D eigenvalue weighted by Crippen LogP contribution is -2.09. The Labute approximate surface area is 333 Å². The molecule has 0 saturated heterocycles. The molecule has 0 spiro atoms. The summed E-state index contributed by atoms with van der Waals surface area (Å²) in [5.74, 6) is 0. The monoisotopic (exact) mass is 707 g/mol. The number of benzene rings is 10. The lowest BCUT2D eigenvalue weighted by atomic mass is 9.89. The van der Waals surface area contributed by atoms with Crippen molar-refractivity contribution in [2.24, 2.45) is 0 Å². The molecule has 258 valence electrons. The summed E-state index contributed by atoms with van der Waals surface area (Å²) in [5, 5.41) is 5.57. The summed E-state index contributed by atoms with van der Waals surface area (Å²) in [7, 11) is 0. The van der Waals surface area contributed by atoms with Crippen LogP contribution in [0.15, 0.2) is 224 Å². The zero-order valence-electron chi connectivity index (χ0n) is 37.7. The van der Waals surface area contributed by atoms with Gasteiger partial charge in [-0.15, -0.1) is 0 Å². The van der Waals surface area contributed by atoms with Crippen LogP contribution in [0.1, 0.15) is 11.0 Å². The van der Waals surface area contributed by atoms with Crippen LogP contribution in [-0.2, 0) is 0 Å². The normalized spacial score (nSPS) is 13.3. The fourth-order valence-electron chi connectivity index (χ4n) is 7.39. The third kappa shape index (κ3) is 6.22. The molecule has 10 rings (SSSR count). The van der Waals surface area contributed by atoms with E-state index in [-0.39, 0.29) is 58.8 Å². The predicted molar refractivity (Wildman–Crippen MR) is 235 cm³/mol. The van der Waals surface area contributed by atoms with Gasteiger partial charge in [0.15, 0.2) is 0 Å². The van der Waals surface area contributed by atoms with E-state index >= 15 is 0 Å². The highest BCUT2D eigenvalue weighted by molar-refractivity contribution is 6.04. The van der Waals surface area contributed by atoms with E-state index in [1.54, 1.807) is 24.3 Å². The molecule has 0 heterocycles. The highest BCUT2D eigenvalue weighted by Gasteiger charge is 2.16. The molecule has 0 saturated carbocycles. The SMILES string of the molecule is [2H]c1c([2H])c(N(c2ccc3ccccc3c2)c2c([2H])c([2H])c(-c3c(-c4ccccc4)ccc4ccccc34)c([2H])c2[2H])c([2H])c([2H])c1-c1ccc(-c2ccc3ccccc3c2)cc1. The summed E-state index contributed by atoms with van der Waals surface area (Å²) >= 11 is 0. The number of rotatable bonds is 7. The van der Waals surface area contributed by atoms with Crippen LogP contribution in [0.2, 0.25) is 0 Å². The Kier molecular flexibility index (Phi) is 6.33. The molecule has 0 aromatic heterocycles. The van der Waals surface area contributed by atoms with Crippen LogP contribution < -0.4 is 4.90 Å². The van der Waals surface area contributed by atoms with E-state index in [9.17, 15) is 11.0 Å². The highest BCUT2D eigenvalue weighted by Crippen LogP contribution is 2.42. The molecule has 1 nitrogen and oxygen atoms in total. The average Bonchev–Trinajstić information content (AvgIpc) is 3.32. The maximum atomic E-state index is 9.71. The Morgan fingerprint density at radius 1 is 0.291 bits per heavy atom. The molecule has 10 aromatic carbocycles. The van der Waals surface area contributed by atoms with Gasteiger partial charge in [-0.25, -0.2) is 0 Å². The average molecular weight is 708 g/mol. The summed E-state index contributed by atoms with van der Waals surface area (Å²) in [4.78, 5) is 1.37. The molecular formula is C54H37N. The van der Waals surface area contributed by atoms with Crippen LogP contribution in [0.25, 0.3) is 76.8 Å². The first kappa shape index (κ1) is 24.9. The smallest absolute Gasteiger partial charge is 0.0645 e. The minimum absolute atomic E-state index is 0.108. The maximum absolute atomic E-state index is 9.71. The molecule has 0 bridgehead atoms. The van der Waals surface area contributed by atoms with Gasteiger partial charge < -0.3 is 4.90 Å². The zero-order chi connectivity index (χ0) is 43.5. The molecule has 0 fully saturated rings. The van der Waals surface area contributed by atoms with Crippen molar-refractivity contribution in [1.82, 2.24) is 0 Å². The number of nitrogens with zero attached hydrogens (tertiary/aromatic N) is 1. The summed E-state index contributed by atoms with van der Waals surface area (Å²) < 4.78 is 76.7. The summed E-state index contributed by atoms with van der Waals surface area (Å²) in [6, 6.07) is 53.3. The van der Waals surface area contributed by atoms with Gasteiger partial charge in [-0.1, -0.05) is 182 Å². The van der Waals surface area contributed by atoms with Gasteiger partial charge in [-0.3, -0.25) is 0 Å². The van der Waals surface area contributed by atoms with E-state index in [1.807, 2.05) is 127 Å². The lowest BCUT2D eigenvalue weighted by Gasteiger charge is -2.26. The van der Waals surface area contributed by atoms with Gasteiger partial charge in [0.2, 0.25) is 0 Å². The van der Waals surface area contributed by atoms with E-state index in [0.717, 1.165) is 54.6 Å². The second-order valence-corrected chi connectivity index (χ2v) is 13.5. The molecule has 0 unspecified atom stereocenters. The summed E-state index contributed by atoms with van der Waals surface area (Å²) in [6.45, 7) is 0. The molecular weight excluding hydrogens is 663 g/mol. The van der Waals surface area contributed by atoms with E-state index in [0.29, 0.717) is 16.8 Å². The molecule has 0 N–H and O–H groups in total. The van der Waals surface area contributed by atoms with Gasteiger partial charge in [0.25, 0.3) is 0 Å². The minimum atomic E-state index is -0.392. The van der Waals surface area contributed by atoms with Crippen LogP contribution in [0.3, 0.4) is 0 Å². The van der Waals surface area contributed by atoms with Crippen LogP contribution >= 0.6 is 0 Å². The van der Waals surface area contributed by atoms with E-state index in [4.69, 9.17) is 0 Å². The van der Waals surface area contributed by atoms with Crippen molar-refractivity contribution in [3.63, 3.8) is 0 Å². The molecule has 10 aromatic rings. The Morgan fingerprint density at radius 2 is 0.782 bits per heavy atom. The molecule has 0 amide bonds. The molecule has 1 heteroatoms. The van der Waals surface area contributed by atoms with Crippen LogP contribution in [0.4, 0.5) is 17.1 Å². The van der Waals surface area contributed by atoms with Crippen molar-refractivity contribution in [1.29, 1.82) is 0 Å². The quantitative estimate of drug-likeness (QED) is 0.159. The van der Waals surface area contributed by atoms with E-state index in [1.165, 1.54) is 4.90 Å². The molecule has 0 aliphatic rings. The van der Waals surface area contributed by atoms with Crippen LogP contribution in [0, 0.1) is 0 Å². The van der Waals surface area contributed by atoms with Gasteiger partial charge >= 0.3 is 0 Å². The lowest BCUT2D eigenvalue weighted by molar-refractivity contribution is 1.29. The van der Waals surface area contributed by atoms with Crippen LogP contribution in [0.5, 0.6) is 0 Å². The van der Waals surface area contributed by atoms with E-state index < -0.39 is 12.1 Å². The molecule has 0 atom stereocenters. The highest BCUT2D eigenvalue weighted by atomic mass is 15.1.